The predicted octanol–water partition coefficient (Wildman–Crippen LogP) is -3.62. The van der Waals surface area contributed by atoms with Gasteiger partial charge in [-0.2, -0.15) is 8.42 Å². The van der Waals surface area contributed by atoms with E-state index < -0.39 is 84.4 Å². The lowest BCUT2D eigenvalue weighted by atomic mass is 9.97. The number of nitrogens with one attached hydrogen (secondary N) is 1. The fraction of sp³-hybridized carbons (Fsp3) is 0.857. The summed E-state index contributed by atoms with van der Waals surface area (Å²) >= 11 is 0. The number of hydrogen-bond acceptors (Lipinski definition) is 11. The summed E-state index contributed by atoms with van der Waals surface area (Å²) in [5.74, 6) is -2.09. The van der Waals surface area contributed by atoms with Crippen LogP contribution in [0.1, 0.15) is 13.3 Å². The molecule has 0 bridgehead atoms. The van der Waals surface area contributed by atoms with Crippen LogP contribution in [0.5, 0.6) is 0 Å². The molecular weight excluding hydrogens is 422 g/mol. The molecule has 2 aliphatic rings. The van der Waals surface area contributed by atoms with Gasteiger partial charge in [-0.25, -0.2) is 8.98 Å². The third-order valence-corrected chi connectivity index (χ3v) is 4.76. The van der Waals surface area contributed by atoms with Crippen LogP contribution in [0.25, 0.3) is 0 Å². The zero-order valence-electron chi connectivity index (χ0n) is 15.2. The van der Waals surface area contributed by atoms with Crippen LogP contribution >= 0.6 is 0 Å². The van der Waals surface area contributed by atoms with Gasteiger partial charge < -0.3 is 40.0 Å². The highest BCUT2D eigenvalue weighted by Crippen LogP contribution is 2.27. The number of amides is 1. The monoisotopic (exact) mass is 445 g/mol. The smallest absolute Gasteiger partial charge is 0.397 e. The summed E-state index contributed by atoms with van der Waals surface area (Å²) in [7, 11) is -4.80. The lowest BCUT2D eigenvalue weighted by Gasteiger charge is -2.43. The molecule has 2 fully saturated rings. The quantitative estimate of drug-likeness (QED) is 0.209. The summed E-state index contributed by atoms with van der Waals surface area (Å²) in [6.45, 7) is -0.0387. The van der Waals surface area contributed by atoms with Crippen LogP contribution in [0, 0.1) is 0 Å². The Morgan fingerprint density at radius 2 is 1.86 bits per heavy atom. The Morgan fingerprint density at radius 1 is 1.21 bits per heavy atom. The molecule has 0 aromatic carbocycles. The van der Waals surface area contributed by atoms with Crippen molar-refractivity contribution in [1.82, 2.24) is 5.32 Å². The molecule has 0 aromatic heterocycles. The van der Waals surface area contributed by atoms with Gasteiger partial charge in [0.1, 0.15) is 24.4 Å². The molecule has 29 heavy (non-hydrogen) atoms. The van der Waals surface area contributed by atoms with Gasteiger partial charge in [0.2, 0.25) is 5.91 Å². The first-order valence-electron chi connectivity index (χ1n) is 8.47. The molecule has 0 spiro atoms. The third kappa shape index (κ3) is 6.53. The molecule has 8 atom stereocenters. The minimum atomic E-state index is -4.80. The highest BCUT2D eigenvalue weighted by atomic mass is 32.3. The molecule has 2 saturated heterocycles. The predicted molar refractivity (Wildman–Crippen MR) is 88.7 cm³/mol. The second-order valence-corrected chi connectivity index (χ2v) is 7.71. The SMILES string of the molecule is CC(=O)NC1[C@H](O[C@H]2C(C(=O)O)OCC(O)[C@@H]2O)OC(COS(=O)(=O)O)C[C@H]1O. The molecule has 15 heteroatoms. The topological polar surface area (TPSA) is 218 Å². The molecule has 0 aliphatic carbocycles. The lowest BCUT2D eigenvalue weighted by molar-refractivity contribution is -0.294. The third-order valence-electron chi connectivity index (χ3n) is 4.32. The Bertz CT molecular complexity index is 700. The van der Waals surface area contributed by atoms with E-state index in [0.717, 1.165) is 6.92 Å². The average molecular weight is 445 g/mol. The van der Waals surface area contributed by atoms with Crippen LogP contribution in [0.15, 0.2) is 0 Å². The van der Waals surface area contributed by atoms with E-state index in [1.165, 1.54) is 0 Å². The Balaban J connectivity index is 2.21. The first-order valence-corrected chi connectivity index (χ1v) is 9.84. The highest BCUT2D eigenvalue weighted by Gasteiger charge is 2.48. The van der Waals surface area contributed by atoms with Crippen molar-refractivity contribution in [2.75, 3.05) is 13.2 Å². The van der Waals surface area contributed by atoms with Gasteiger partial charge in [-0.3, -0.25) is 9.35 Å². The van der Waals surface area contributed by atoms with Gasteiger partial charge in [-0.1, -0.05) is 0 Å². The largest absolute Gasteiger partial charge is 0.479 e. The number of aliphatic hydroxyl groups excluding tert-OH is 3. The molecule has 0 radical (unpaired) electrons. The van der Waals surface area contributed by atoms with E-state index in [0.29, 0.717) is 0 Å². The summed E-state index contributed by atoms with van der Waals surface area (Å²) in [6, 6.07) is -1.23. The molecule has 0 aromatic rings. The summed E-state index contributed by atoms with van der Waals surface area (Å²) in [5.41, 5.74) is 0. The van der Waals surface area contributed by atoms with E-state index >= 15 is 0 Å². The zero-order chi connectivity index (χ0) is 21.9. The lowest BCUT2D eigenvalue weighted by Crippen LogP contribution is -2.63. The van der Waals surface area contributed by atoms with Gasteiger partial charge in [-0.15, -0.1) is 0 Å². The van der Waals surface area contributed by atoms with Crippen LogP contribution < -0.4 is 5.32 Å². The zero-order valence-corrected chi connectivity index (χ0v) is 16.0. The number of rotatable bonds is 7. The van der Waals surface area contributed by atoms with Crippen molar-refractivity contribution in [3.05, 3.63) is 0 Å². The molecule has 2 heterocycles. The van der Waals surface area contributed by atoms with Crippen molar-refractivity contribution in [1.29, 1.82) is 0 Å². The van der Waals surface area contributed by atoms with Crippen LogP contribution in [-0.2, 0) is 38.4 Å². The summed E-state index contributed by atoms with van der Waals surface area (Å²) in [5, 5.41) is 41.8. The van der Waals surface area contributed by atoms with Gasteiger partial charge in [-0.05, 0) is 0 Å². The van der Waals surface area contributed by atoms with Gasteiger partial charge in [0, 0.05) is 13.3 Å². The second kappa shape index (κ2) is 9.59. The number of ether oxygens (including phenoxy) is 3. The molecule has 1 amide bonds. The van der Waals surface area contributed by atoms with Crippen LogP contribution in [0.2, 0.25) is 0 Å². The van der Waals surface area contributed by atoms with Crippen LogP contribution in [0.3, 0.4) is 0 Å². The van der Waals surface area contributed by atoms with Crippen molar-refractivity contribution in [3.63, 3.8) is 0 Å². The Hall–Kier alpha value is -1.43. The first kappa shape index (κ1) is 23.8. The first-order chi connectivity index (χ1) is 13.4. The minimum absolute atomic E-state index is 0.227. The highest BCUT2D eigenvalue weighted by molar-refractivity contribution is 7.80. The van der Waals surface area contributed by atoms with Crippen molar-refractivity contribution in [3.8, 4) is 0 Å². The van der Waals surface area contributed by atoms with Gasteiger partial charge in [0.05, 0.1) is 25.4 Å². The molecule has 6 N–H and O–H groups in total. The van der Waals surface area contributed by atoms with E-state index in [1.807, 2.05) is 0 Å². The maximum Gasteiger partial charge on any atom is 0.397 e. The van der Waals surface area contributed by atoms with Crippen molar-refractivity contribution < 1.29 is 61.4 Å². The number of aliphatic carboxylic acids is 1. The average Bonchev–Trinajstić information content (AvgIpc) is 2.59. The minimum Gasteiger partial charge on any atom is -0.479 e. The van der Waals surface area contributed by atoms with Gasteiger partial charge in [0.25, 0.3) is 0 Å². The Labute approximate surface area is 165 Å². The molecule has 0 saturated carbocycles. The van der Waals surface area contributed by atoms with Gasteiger partial charge >= 0.3 is 16.4 Å². The Morgan fingerprint density at radius 3 is 2.41 bits per heavy atom. The van der Waals surface area contributed by atoms with Crippen LogP contribution in [0.4, 0.5) is 0 Å². The van der Waals surface area contributed by atoms with E-state index in [2.05, 4.69) is 9.50 Å². The van der Waals surface area contributed by atoms with E-state index in [4.69, 9.17) is 18.8 Å². The number of aliphatic hydroxyl groups is 3. The van der Waals surface area contributed by atoms with E-state index in [-0.39, 0.29) is 6.42 Å². The second-order valence-electron chi connectivity index (χ2n) is 6.62. The number of carbonyl (C=O) groups excluding carboxylic acids is 1. The maximum absolute atomic E-state index is 11.4. The summed E-state index contributed by atoms with van der Waals surface area (Å²) < 4.78 is 50.2. The number of carboxylic acids is 1. The molecule has 4 unspecified atom stereocenters. The van der Waals surface area contributed by atoms with E-state index in [1.54, 1.807) is 0 Å². The van der Waals surface area contributed by atoms with Gasteiger partial charge in [0.15, 0.2) is 12.4 Å². The van der Waals surface area contributed by atoms with E-state index in [9.17, 15) is 38.4 Å². The number of hydrogen-bond donors (Lipinski definition) is 6. The maximum atomic E-state index is 11.4. The summed E-state index contributed by atoms with van der Waals surface area (Å²) in [6.07, 6.45) is -10.8. The molecular formula is C14H23NO13S. The van der Waals surface area contributed by atoms with Crippen molar-refractivity contribution >= 4 is 22.3 Å². The molecule has 168 valence electrons. The normalized spacial score (nSPS) is 38.4. The standard InChI is InChI=1S/C14H23NO13S/c1-5(16)15-9-7(17)2-6(3-26-29(22,23)24)27-14(9)28-11-10(19)8(18)4-25-12(11)13(20)21/h6-12,14,17-19H,2-4H2,1H3,(H,15,16)(H,20,21)(H,22,23,24)/t6?,7-,8?,9?,10+,11-,12?,14+/m1/s1. The number of carbonyl (C=O) groups is 2. The number of carboxylic acid groups (broad SMARTS) is 1. The van der Waals surface area contributed by atoms with Crippen LogP contribution in [-0.4, -0.2) is 107 Å². The summed E-state index contributed by atoms with van der Waals surface area (Å²) in [4.78, 5) is 22.8. The fourth-order valence-electron chi connectivity index (χ4n) is 3.02. The molecule has 2 aliphatic heterocycles. The molecule has 2 rings (SSSR count). The Kier molecular flexibility index (Phi) is 7.88. The van der Waals surface area contributed by atoms with Crippen molar-refractivity contribution in [2.24, 2.45) is 0 Å². The fourth-order valence-corrected chi connectivity index (χ4v) is 3.35. The molecule has 14 nitrogen and oxygen atoms in total. The van der Waals surface area contributed by atoms with Crippen molar-refractivity contribution in [2.45, 2.75) is 62.3 Å².